The summed E-state index contributed by atoms with van der Waals surface area (Å²) in [6.45, 7) is 11.2. The molecule has 0 aliphatic carbocycles. The molecule has 3 rings (SSSR count). The van der Waals surface area contributed by atoms with Gasteiger partial charge in [0, 0.05) is 19.6 Å². The summed E-state index contributed by atoms with van der Waals surface area (Å²) in [6, 6.07) is 2.24. The van der Waals surface area contributed by atoms with Crippen LogP contribution in [0.4, 0.5) is 18.0 Å². The number of fused-ring (bicyclic) bond motifs is 3. The third-order valence-electron chi connectivity index (χ3n) is 4.72. The number of carbonyl (C=O) groups is 2. The molecule has 1 saturated heterocycles. The van der Waals surface area contributed by atoms with E-state index in [9.17, 15) is 22.8 Å². The highest BCUT2D eigenvalue weighted by Crippen LogP contribution is 2.43. The Hall–Kier alpha value is -2.71. The van der Waals surface area contributed by atoms with E-state index in [4.69, 9.17) is 4.74 Å². The van der Waals surface area contributed by atoms with Gasteiger partial charge < -0.3 is 19.3 Å². The predicted molar refractivity (Wildman–Crippen MR) is 99.4 cm³/mol. The number of hydrogen-bond donors (Lipinski definition) is 0. The SMILES string of the molecule is C=C(C)c1cc(OC(F)(F)F)c2c(c1)C1CN(C(=O)OC(C)(C)C)CCN1C2=O. The summed E-state index contributed by atoms with van der Waals surface area (Å²) >= 11 is 0. The Morgan fingerprint density at radius 1 is 1.21 bits per heavy atom. The molecule has 2 aliphatic heterocycles. The Bertz CT molecular complexity index is 874. The van der Waals surface area contributed by atoms with Gasteiger partial charge in [-0.05, 0) is 51.0 Å². The molecular formula is C20H23F3N2O4. The Balaban J connectivity index is 1.99. The van der Waals surface area contributed by atoms with E-state index in [0.29, 0.717) is 16.7 Å². The lowest BCUT2D eigenvalue weighted by atomic mass is 9.97. The molecule has 2 aliphatic rings. The predicted octanol–water partition coefficient (Wildman–Crippen LogP) is 4.37. The lowest BCUT2D eigenvalue weighted by Gasteiger charge is -2.38. The maximum Gasteiger partial charge on any atom is 0.573 e. The van der Waals surface area contributed by atoms with Crippen LogP contribution in [0.25, 0.3) is 5.57 Å². The average Bonchev–Trinajstić information content (AvgIpc) is 2.84. The van der Waals surface area contributed by atoms with Crippen molar-refractivity contribution < 1.29 is 32.2 Å². The second kappa shape index (κ2) is 6.96. The number of allylic oxidation sites excluding steroid dienone is 1. The molecule has 0 bridgehead atoms. The van der Waals surface area contributed by atoms with Gasteiger partial charge in [-0.2, -0.15) is 0 Å². The van der Waals surface area contributed by atoms with E-state index in [1.807, 2.05) is 0 Å². The van der Waals surface area contributed by atoms with Crippen molar-refractivity contribution in [2.45, 2.75) is 45.7 Å². The van der Waals surface area contributed by atoms with Gasteiger partial charge in [0.05, 0.1) is 11.6 Å². The van der Waals surface area contributed by atoms with E-state index in [1.165, 1.54) is 15.9 Å². The van der Waals surface area contributed by atoms with Crippen LogP contribution in [0.2, 0.25) is 0 Å². The van der Waals surface area contributed by atoms with Gasteiger partial charge in [0.25, 0.3) is 5.91 Å². The number of hydrogen-bond acceptors (Lipinski definition) is 4. The van der Waals surface area contributed by atoms with Crippen LogP contribution in [0.3, 0.4) is 0 Å². The molecule has 1 fully saturated rings. The first-order chi connectivity index (χ1) is 13.3. The van der Waals surface area contributed by atoms with Crippen molar-refractivity contribution in [2.24, 2.45) is 0 Å². The van der Waals surface area contributed by atoms with Crippen molar-refractivity contribution in [3.8, 4) is 5.75 Å². The van der Waals surface area contributed by atoms with E-state index in [-0.39, 0.29) is 25.2 Å². The number of piperazine rings is 1. The van der Waals surface area contributed by atoms with E-state index >= 15 is 0 Å². The van der Waals surface area contributed by atoms with E-state index in [0.717, 1.165) is 0 Å². The highest BCUT2D eigenvalue weighted by atomic mass is 19.4. The molecular weight excluding hydrogens is 389 g/mol. The number of nitrogens with zero attached hydrogens (tertiary/aromatic N) is 2. The fraction of sp³-hybridized carbons (Fsp3) is 0.500. The van der Waals surface area contributed by atoms with Gasteiger partial charge in [0.15, 0.2) is 0 Å². The molecule has 0 N–H and O–H groups in total. The first-order valence-electron chi connectivity index (χ1n) is 9.15. The summed E-state index contributed by atoms with van der Waals surface area (Å²) in [5.74, 6) is -1.09. The number of rotatable bonds is 2. The Morgan fingerprint density at radius 3 is 2.41 bits per heavy atom. The van der Waals surface area contributed by atoms with Gasteiger partial charge in [0.1, 0.15) is 11.4 Å². The number of amides is 2. The molecule has 2 amide bonds. The zero-order valence-electron chi connectivity index (χ0n) is 16.7. The summed E-state index contributed by atoms with van der Waals surface area (Å²) in [5, 5.41) is 0. The van der Waals surface area contributed by atoms with Crippen LogP contribution in [0, 0.1) is 0 Å². The topological polar surface area (TPSA) is 59.1 Å². The number of alkyl halides is 3. The normalized spacial score (nSPS) is 19.0. The Morgan fingerprint density at radius 2 is 1.86 bits per heavy atom. The Labute approximate surface area is 166 Å². The zero-order chi connectivity index (χ0) is 21.7. The minimum Gasteiger partial charge on any atom is -0.444 e. The first-order valence-corrected chi connectivity index (χ1v) is 9.15. The molecule has 2 heterocycles. The number of ether oxygens (including phenoxy) is 2. The molecule has 1 aromatic rings. The summed E-state index contributed by atoms with van der Waals surface area (Å²) in [5.41, 5.74) is 0.558. The molecule has 9 heteroatoms. The monoisotopic (exact) mass is 412 g/mol. The van der Waals surface area contributed by atoms with Crippen molar-refractivity contribution in [2.75, 3.05) is 19.6 Å². The van der Waals surface area contributed by atoms with Crippen LogP contribution in [0.1, 0.15) is 55.2 Å². The Kier molecular flexibility index (Phi) is 5.04. The van der Waals surface area contributed by atoms with Gasteiger partial charge in [-0.3, -0.25) is 4.79 Å². The summed E-state index contributed by atoms with van der Waals surface area (Å²) in [4.78, 5) is 28.2. The second-order valence-corrected chi connectivity index (χ2v) is 8.21. The molecule has 0 spiro atoms. The van der Waals surface area contributed by atoms with Gasteiger partial charge in [-0.1, -0.05) is 12.2 Å². The number of carbonyl (C=O) groups excluding carboxylic acids is 2. The van der Waals surface area contributed by atoms with Gasteiger partial charge in [0.2, 0.25) is 0 Å². The van der Waals surface area contributed by atoms with Gasteiger partial charge in [-0.25, -0.2) is 4.79 Å². The van der Waals surface area contributed by atoms with Crippen LogP contribution in [-0.2, 0) is 4.74 Å². The third kappa shape index (κ3) is 4.33. The zero-order valence-corrected chi connectivity index (χ0v) is 16.7. The van der Waals surface area contributed by atoms with Crippen LogP contribution in [-0.4, -0.2) is 53.4 Å². The summed E-state index contributed by atoms with van der Waals surface area (Å²) < 4.78 is 48.3. The van der Waals surface area contributed by atoms with Crippen LogP contribution in [0.15, 0.2) is 18.7 Å². The van der Waals surface area contributed by atoms with E-state index in [2.05, 4.69) is 11.3 Å². The maximum absolute atomic E-state index is 12.9. The first kappa shape index (κ1) is 21.0. The van der Waals surface area contributed by atoms with Crippen LogP contribution in [0.5, 0.6) is 5.75 Å². The van der Waals surface area contributed by atoms with E-state index in [1.54, 1.807) is 33.8 Å². The van der Waals surface area contributed by atoms with Gasteiger partial charge >= 0.3 is 12.5 Å². The van der Waals surface area contributed by atoms with Crippen LogP contribution < -0.4 is 4.74 Å². The highest BCUT2D eigenvalue weighted by molar-refractivity contribution is 6.02. The molecule has 0 radical (unpaired) electrons. The smallest absolute Gasteiger partial charge is 0.444 e. The van der Waals surface area contributed by atoms with Crippen LogP contribution >= 0.6 is 0 Å². The van der Waals surface area contributed by atoms with Crippen molar-refractivity contribution in [3.63, 3.8) is 0 Å². The molecule has 0 saturated carbocycles. The standard InChI is InChI=1S/C20H23F3N2O4/c1-11(2)12-8-13-14-10-24(18(27)29-19(3,4)5)6-7-25(14)17(26)16(13)15(9-12)28-20(21,22)23/h8-9,14H,1,6-7,10H2,2-5H3. The van der Waals surface area contributed by atoms with Crippen molar-refractivity contribution >= 4 is 17.6 Å². The fourth-order valence-corrected chi connectivity index (χ4v) is 3.51. The molecule has 29 heavy (non-hydrogen) atoms. The van der Waals surface area contributed by atoms with Gasteiger partial charge in [-0.15, -0.1) is 13.2 Å². The number of benzene rings is 1. The fourth-order valence-electron chi connectivity index (χ4n) is 3.51. The maximum atomic E-state index is 12.9. The lowest BCUT2D eigenvalue weighted by Crippen LogP contribution is -2.50. The van der Waals surface area contributed by atoms with Crippen molar-refractivity contribution in [1.29, 1.82) is 0 Å². The molecule has 1 atom stereocenters. The molecule has 0 aromatic heterocycles. The second-order valence-electron chi connectivity index (χ2n) is 8.21. The number of halogens is 3. The quantitative estimate of drug-likeness (QED) is 0.724. The molecule has 1 unspecified atom stereocenters. The van der Waals surface area contributed by atoms with E-state index < -0.39 is 35.8 Å². The lowest BCUT2D eigenvalue weighted by molar-refractivity contribution is -0.274. The molecule has 1 aromatic carbocycles. The summed E-state index contributed by atoms with van der Waals surface area (Å²) in [7, 11) is 0. The largest absolute Gasteiger partial charge is 0.573 e. The van der Waals surface area contributed by atoms with Crippen molar-refractivity contribution in [3.05, 3.63) is 35.4 Å². The minimum absolute atomic E-state index is 0.122. The minimum atomic E-state index is -4.94. The summed E-state index contributed by atoms with van der Waals surface area (Å²) in [6.07, 6.45) is -5.46. The van der Waals surface area contributed by atoms with Crippen molar-refractivity contribution in [1.82, 2.24) is 9.80 Å². The molecule has 6 nitrogen and oxygen atoms in total. The average molecular weight is 412 g/mol. The highest BCUT2D eigenvalue weighted by Gasteiger charge is 2.45. The third-order valence-corrected chi connectivity index (χ3v) is 4.72. The molecule has 158 valence electrons.